The van der Waals surface area contributed by atoms with Crippen molar-refractivity contribution in [1.29, 1.82) is 0 Å². The fourth-order valence-corrected chi connectivity index (χ4v) is 2.68. The Bertz CT molecular complexity index is 342. The molecular formula is C15H23NO2. The highest BCUT2D eigenvalue weighted by molar-refractivity contribution is 5.16. The van der Waals surface area contributed by atoms with Crippen LogP contribution in [0.4, 0.5) is 0 Å². The summed E-state index contributed by atoms with van der Waals surface area (Å²) >= 11 is 0. The van der Waals surface area contributed by atoms with Crippen molar-refractivity contribution in [3.8, 4) is 0 Å². The van der Waals surface area contributed by atoms with Gasteiger partial charge in [-0.15, -0.1) is 0 Å². The van der Waals surface area contributed by atoms with E-state index in [-0.39, 0.29) is 24.8 Å². The summed E-state index contributed by atoms with van der Waals surface area (Å²) in [4.78, 5) is 0. The highest BCUT2D eigenvalue weighted by Crippen LogP contribution is 2.19. The van der Waals surface area contributed by atoms with E-state index in [1.54, 1.807) is 0 Å². The number of hydrogen-bond donors (Lipinski definition) is 3. The van der Waals surface area contributed by atoms with Gasteiger partial charge in [0.15, 0.2) is 0 Å². The average Bonchev–Trinajstić information content (AvgIpc) is 2.41. The quantitative estimate of drug-likeness (QED) is 0.741. The predicted molar refractivity (Wildman–Crippen MR) is 72.4 cm³/mol. The van der Waals surface area contributed by atoms with Crippen molar-refractivity contribution in [2.75, 3.05) is 6.61 Å². The molecule has 1 fully saturated rings. The molecule has 3 heteroatoms. The van der Waals surface area contributed by atoms with Crippen LogP contribution in [0.1, 0.15) is 31.2 Å². The van der Waals surface area contributed by atoms with Gasteiger partial charge in [0.25, 0.3) is 0 Å². The summed E-state index contributed by atoms with van der Waals surface area (Å²) in [6.45, 7) is 0.109. The Morgan fingerprint density at radius 3 is 2.56 bits per heavy atom. The van der Waals surface area contributed by atoms with Crippen LogP contribution in [0.2, 0.25) is 0 Å². The van der Waals surface area contributed by atoms with E-state index in [2.05, 4.69) is 17.4 Å². The third kappa shape index (κ3) is 3.80. The Kier molecular flexibility index (Phi) is 5.17. The van der Waals surface area contributed by atoms with Gasteiger partial charge in [-0.1, -0.05) is 43.2 Å². The summed E-state index contributed by atoms with van der Waals surface area (Å²) < 4.78 is 0. The second kappa shape index (κ2) is 6.88. The minimum Gasteiger partial charge on any atom is -0.395 e. The smallest absolute Gasteiger partial charge is 0.0693 e. The molecule has 0 aromatic heterocycles. The van der Waals surface area contributed by atoms with Gasteiger partial charge in [0.05, 0.1) is 12.7 Å². The lowest BCUT2D eigenvalue weighted by molar-refractivity contribution is 0.0784. The standard InChI is InChI=1S/C15H23NO2/c17-11-13(10-12-6-2-1-3-7-12)16-14-8-4-5-9-15(14)18/h1-3,6-7,13-18H,4-5,8-11H2/t13?,14-,15-/m1/s1. The monoisotopic (exact) mass is 249 g/mol. The second-order valence-corrected chi connectivity index (χ2v) is 5.19. The first-order chi connectivity index (χ1) is 8.79. The summed E-state index contributed by atoms with van der Waals surface area (Å²) in [5.41, 5.74) is 1.22. The van der Waals surface area contributed by atoms with Crippen molar-refractivity contribution in [2.24, 2.45) is 0 Å². The molecule has 0 amide bonds. The average molecular weight is 249 g/mol. The van der Waals surface area contributed by atoms with E-state index in [0.29, 0.717) is 0 Å². The van der Waals surface area contributed by atoms with Gasteiger partial charge in [0, 0.05) is 12.1 Å². The Balaban J connectivity index is 1.88. The van der Waals surface area contributed by atoms with Crippen molar-refractivity contribution in [3.05, 3.63) is 35.9 Å². The maximum absolute atomic E-state index is 9.94. The number of aliphatic hydroxyl groups excluding tert-OH is 2. The van der Waals surface area contributed by atoms with Crippen molar-refractivity contribution in [1.82, 2.24) is 5.32 Å². The lowest BCUT2D eigenvalue weighted by Crippen LogP contribution is -2.49. The van der Waals surface area contributed by atoms with E-state index in [1.807, 2.05) is 18.2 Å². The zero-order chi connectivity index (χ0) is 12.8. The number of benzene rings is 1. The molecule has 100 valence electrons. The third-order valence-electron chi connectivity index (χ3n) is 3.72. The van der Waals surface area contributed by atoms with E-state index in [1.165, 1.54) is 5.56 Å². The maximum atomic E-state index is 9.94. The van der Waals surface area contributed by atoms with E-state index in [0.717, 1.165) is 32.1 Å². The topological polar surface area (TPSA) is 52.5 Å². The van der Waals surface area contributed by atoms with Crippen LogP contribution in [-0.2, 0) is 6.42 Å². The van der Waals surface area contributed by atoms with Crippen LogP contribution in [0, 0.1) is 0 Å². The molecule has 1 aromatic rings. The highest BCUT2D eigenvalue weighted by atomic mass is 16.3. The van der Waals surface area contributed by atoms with Gasteiger partial charge >= 0.3 is 0 Å². The number of nitrogens with one attached hydrogen (secondary N) is 1. The van der Waals surface area contributed by atoms with Crippen molar-refractivity contribution < 1.29 is 10.2 Å². The molecule has 1 unspecified atom stereocenters. The van der Waals surface area contributed by atoms with Crippen LogP contribution in [-0.4, -0.2) is 35.0 Å². The highest BCUT2D eigenvalue weighted by Gasteiger charge is 2.25. The molecule has 1 saturated carbocycles. The molecule has 0 spiro atoms. The molecule has 3 nitrogen and oxygen atoms in total. The van der Waals surface area contributed by atoms with Gasteiger partial charge in [0.1, 0.15) is 0 Å². The Morgan fingerprint density at radius 2 is 1.89 bits per heavy atom. The van der Waals surface area contributed by atoms with Gasteiger partial charge in [-0.05, 0) is 24.8 Å². The van der Waals surface area contributed by atoms with E-state index in [9.17, 15) is 10.2 Å². The summed E-state index contributed by atoms with van der Waals surface area (Å²) in [6, 6.07) is 10.3. The van der Waals surface area contributed by atoms with Gasteiger partial charge < -0.3 is 15.5 Å². The van der Waals surface area contributed by atoms with Gasteiger partial charge in [-0.2, -0.15) is 0 Å². The maximum Gasteiger partial charge on any atom is 0.0693 e. The molecule has 2 rings (SSSR count). The van der Waals surface area contributed by atoms with Crippen molar-refractivity contribution in [2.45, 2.75) is 50.3 Å². The van der Waals surface area contributed by atoms with Crippen LogP contribution in [0.3, 0.4) is 0 Å². The van der Waals surface area contributed by atoms with Gasteiger partial charge in [0.2, 0.25) is 0 Å². The normalized spacial score (nSPS) is 25.9. The van der Waals surface area contributed by atoms with Crippen molar-refractivity contribution >= 4 is 0 Å². The number of rotatable bonds is 5. The molecule has 0 aliphatic heterocycles. The number of hydrogen-bond acceptors (Lipinski definition) is 3. The SMILES string of the molecule is OCC(Cc1ccccc1)N[C@@H]1CCCC[C@H]1O. The van der Waals surface area contributed by atoms with Crippen molar-refractivity contribution in [3.63, 3.8) is 0 Å². The first-order valence-corrected chi connectivity index (χ1v) is 6.88. The van der Waals surface area contributed by atoms with E-state index in [4.69, 9.17) is 0 Å². The fourth-order valence-electron chi connectivity index (χ4n) is 2.68. The Morgan fingerprint density at radius 1 is 1.17 bits per heavy atom. The molecule has 18 heavy (non-hydrogen) atoms. The van der Waals surface area contributed by atoms with Crippen LogP contribution in [0.15, 0.2) is 30.3 Å². The number of aliphatic hydroxyl groups is 2. The molecule has 1 aromatic carbocycles. The predicted octanol–water partition coefficient (Wildman–Crippen LogP) is 1.48. The van der Waals surface area contributed by atoms with E-state index < -0.39 is 0 Å². The minimum absolute atomic E-state index is 0.0325. The lowest BCUT2D eigenvalue weighted by atomic mass is 9.91. The first-order valence-electron chi connectivity index (χ1n) is 6.88. The van der Waals surface area contributed by atoms with Gasteiger partial charge in [-0.25, -0.2) is 0 Å². The summed E-state index contributed by atoms with van der Waals surface area (Å²) in [5, 5.41) is 22.8. The first kappa shape index (κ1) is 13.5. The molecule has 3 N–H and O–H groups in total. The summed E-state index contributed by atoms with van der Waals surface area (Å²) in [6.07, 6.45) is 4.71. The minimum atomic E-state index is -0.261. The molecular weight excluding hydrogens is 226 g/mol. The molecule has 0 bridgehead atoms. The molecule has 1 aliphatic rings. The van der Waals surface area contributed by atoms with Crippen LogP contribution >= 0.6 is 0 Å². The molecule has 0 radical (unpaired) electrons. The molecule has 3 atom stereocenters. The van der Waals surface area contributed by atoms with Crippen LogP contribution in [0.25, 0.3) is 0 Å². The largest absolute Gasteiger partial charge is 0.395 e. The molecule has 1 aliphatic carbocycles. The van der Waals surface area contributed by atoms with Gasteiger partial charge in [-0.3, -0.25) is 0 Å². The van der Waals surface area contributed by atoms with Crippen LogP contribution < -0.4 is 5.32 Å². The lowest BCUT2D eigenvalue weighted by Gasteiger charge is -2.31. The summed E-state index contributed by atoms with van der Waals surface area (Å²) in [7, 11) is 0. The van der Waals surface area contributed by atoms with E-state index >= 15 is 0 Å². The Hall–Kier alpha value is -0.900. The van der Waals surface area contributed by atoms with Crippen LogP contribution in [0.5, 0.6) is 0 Å². The molecule has 0 heterocycles. The third-order valence-corrected chi connectivity index (χ3v) is 3.72. The zero-order valence-corrected chi connectivity index (χ0v) is 10.8. The fraction of sp³-hybridized carbons (Fsp3) is 0.600. The molecule has 0 saturated heterocycles. The summed E-state index contributed by atoms with van der Waals surface area (Å²) in [5.74, 6) is 0. The second-order valence-electron chi connectivity index (χ2n) is 5.19. The zero-order valence-electron chi connectivity index (χ0n) is 10.8. The Labute approximate surface area is 109 Å².